The summed E-state index contributed by atoms with van der Waals surface area (Å²) >= 11 is 11.8. The minimum absolute atomic E-state index is 0.0260. The van der Waals surface area contributed by atoms with Crippen LogP contribution in [0.3, 0.4) is 0 Å². The first-order valence-electron chi connectivity index (χ1n) is 6.83. The maximum Gasteiger partial charge on any atom is 0.248 e. The van der Waals surface area contributed by atoms with Crippen LogP contribution in [0.15, 0.2) is 42.6 Å². The molecule has 0 atom stereocenters. The van der Waals surface area contributed by atoms with Crippen molar-refractivity contribution in [1.82, 2.24) is 4.98 Å². The quantitative estimate of drug-likeness (QED) is 0.697. The van der Waals surface area contributed by atoms with Gasteiger partial charge in [-0.15, -0.1) is 0 Å². The third-order valence-corrected chi connectivity index (χ3v) is 3.39. The zero-order chi connectivity index (χ0) is 16.7. The lowest BCUT2D eigenvalue weighted by atomic mass is 10.2. The molecule has 0 aliphatic heterocycles. The summed E-state index contributed by atoms with van der Waals surface area (Å²) in [5.74, 6) is 0.328. The Bertz CT molecular complexity index is 703. The minimum Gasteiger partial charge on any atom is -0.395 e. The van der Waals surface area contributed by atoms with Crippen molar-refractivity contribution in [3.63, 3.8) is 0 Å². The summed E-state index contributed by atoms with van der Waals surface area (Å²) in [6, 6.07) is 8.48. The highest BCUT2D eigenvalue weighted by molar-refractivity contribution is 6.35. The molecular weight excluding hydrogens is 337 g/mol. The molecule has 23 heavy (non-hydrogen) atoms. The lowest BCUT2D eigenvalue weighted by Crippen LogP contribution is -2.09. The number of pyridine rings is 1. The van der Waals surface area contributed by atoms with E-state index in [0.29, 0.717) is 33.7 Å². The molecule has 0 spiro atoms. The maximum atomic E-state index is 11.9. The number of nitrogens with zero attached hydrogens (tertiary/aromatic N) is 1. The van der Waals surface area contributed by atoms with Gasteiger partial charge in [0.1, 0.15) is 5.82 Å². The number of rotatable bonds is 6. The average molecular weight is 352 g/mol. The van der Waals surface area contributed by atoms with Gasteiger partial charge in [-0.1, -0.05) is 29.3 Å². The fourth-order valence-electron chi connectivity index (χ4n) is 1.74. The van der Waals surface area contributed by atoms with Crippen LogP contribution >= 0.6 is 23.2 Å². The maximum absolute atomic E-state index is 11.9. The van der Waals surface area contributed by atoms with Gasteiger partial charge in [-0.25, -0.2) is 4.98 Å². The molecule has 120 valence electrons. The summed E-state index contributed by atoms with van der Waals surface area (Å²) in [5, 5.41) is 15.3. The first kappa shape index (κ1) is 17.3. The number of nitrogens with one attached hydrogen (secondary N) is 2. The standard InChI is InChI=1S/C16H15Cl2N3O2/c17-12-3-1-11(14(18)9-12)2-6-16(23)21-13-4-5-15(20-10-13)19-7-8-22/h1-6,9-10,22H,7-8H2,(H,19,20)(H,21,23)/b6-2+. The average Bonchev–Trinajstić information content (AvgIpc) is 2.53. The van der Waals surface area contributed by atoms with Crippen LogP contribution in [0.25, 0.3) is 6.08 Å². The monoisotopic (exact) mass is 351 g/mol. The van der Waals surface area contributed by atoms with Crippen molar-refractivity contribution in [3.8, 4) is 0 Å². The second-order valence-corrected chi connectivity index (χ2v) is 5.41. The van der Waals surface area contributed by atoms with Gasteiger partial charge in [0.25, 0.3) is 0 Å². The van der Waals surface area contributed by atoms with E-state index in [2.05, 4.69) is 15.6 Å². The highest BCUT2D eigenvalue weighted by atomic mass is 35.5. The van der Waals surface area contributed by atoms with Gasteiger partial charge in [-0.2, -0.15) is 0 Å². The number of anilines is 2. The third-order valence-electron chi connectivity index (χ3n) is 2.83. The zero-order valence-electron chi connectivity index (χ0n) is 12.1. The number of hydrogen-bond acceptors (Lipinski definition) is 4. The Kier molecular flexibility index (Phi) is 6.40. The third kappa shape index (κ3) is 5.56. The first-order chi connectivity index (χ1) is 11.1. The molecule has 1 aromatic carbocycles. The zero-order valence-corrected chi connectivity index (χ0v) is 13.6. The highest BCUT2D eigenvalue weighted by Gasteiger charge is 2.01. The Balaban J connectivity index is 1.95. The number of hydrogen-bond donors (Lipinski definition) is 3. The van der Waals surface area contributed by atoms with Crippen molar-refractivity contribution < 1.29 is 9.90 Å². The predicted octanol–water partition coefficient (Wildman–Crippen LogP) is 3.44. The highest BCUT2D eigenvalue weighted by Crippen LogP contribution is 2.22. The van der Waals surface area contributed by atoms with Crippen LogP contribution < -0.4 is 10.6 Å². The molecular formula is C16H15Cl2N3O2. The van der Waals surface area contributed by atoms with Gasteiger partial charge in [0, 0.05) is 22.7 Å². The summed E-state index contributed by atoms with van der Waals surface area (Å²) in [5.41, 5.74) is 1.27. The summed E-state index contributed by atoms with van der Waals surface area (Å²) in [6.07, 6.45) is 4.52. The van der Waals surface area contributed by atoms with Gasteiger partial charge >= 0.3 is 0 Å². The van der Waals surface area contributed by atoms with Crippen LogP contribution in [0.2, 0.25) is 10.0 Å². The van der Waals surface area contributed by atoms with Crippen LogP contribution in [0, 0.1) is 0 Å². The van der Waals surface area contributed by atoms with E-state index in [-0.39, 0.29) is 12.5 Å². The topological polar surface area (TPSA) is 74.2 Å². The predicted molar refractivity (Wildman–Crippen MR) is 93.9 cm³/mol. The fourth-order valence-corrected chi connectivity index (χ4v) is 2.21. The first-order valence-corrected chi connectivity index (χ1v) is 7.59. The van der Waals surface area contributed by atoms with E-state index in [1.54, 1.807) is 36.4 Å². The Morgan fingerprint density at radius 3 is 2.74 bits per heavy atom. The number of halogens is 2. The van der Waals surface area contributed by atoms with E-state index in [0.717, 1.165) is 0 Å². The second kappa shape index (κ2) is 8.53. The van der Waals surface area contributed by atoms with Crippen molar-refractivity contribution in [2.75, 3.05) is 23.8 Å². The minimum atomic E-state index is -0.297. The van der Waals surface area contributed by atoms with E-state index >= 15 is 0 Å². The molecule has 3 N–H and O–H groups in total. The SMILES string of the molecule is O=C(/C=C/c1ccc(Cl)cc1Cl)Nc1ccc(NCCO)nc1. The fraction of sp³-hybridized carbons (Fsp3) is 0.125. The Morgan fingerprint density at radius 2 is 2.09 bits per heavy atom. The lowest BCUT2D eigenvalue weighted by molar-refractivity contribution is -0.111. The molecule has 1 aromatic heterocycles. The van der Waals surface area contributed by atoms with Crippen molar-refractivity contribution >= 4 is 46.7 Å². The number of aliphatic hydroxyl groups excluding tert-OH is 1. The van der Waals surface area contributed by atoms with Gasteiger partial charge in [-0.05, 0) is 35.9 Å². The summed E-state index contributed by atoms with van der Waals surface area (Å²) in [4.78, 5) is 16.0. The lowest BCUT2D eigenvalue weighted by Gasteiger charge is -2.05. The number of benzene rings is 1. The smallest absolute Gasteiger partial charge is 0.248 e. The molecule has 0 saturated carbocycles. The number of amides is 1. The van der Waals surface area contributed by atoms with Gasteiger partial charge in [0.15, 0.2) is 0 Å². The second-order valence-electron chi connectivity index (χ2n) is 4.57. The number of carbonyl (C=O) groups excluding carboxylic acids is 1. The van der Waals surface area contributed by atoms with Crippen molar-refractivity contribution in [3.05, 3.63) is 58.2 Å². The molecule has 0 unspecified atom stereocenters. The number of aliphatic hydroxyl groups is 1. The van der Waals surface area contributed by atoms with Crippen LogP contribution in [0.1, 0.15) is 5.56 Å². The molecule has 0 aliphatic rings. The van der Waals surface area contributed by atoms with E-state index in [1.807, 2.05) is 0 Å². The molecule has 0 fully saturated rings. The molecule has 0 aliphatic carbocycles. The van der Waals surface area contributed by atoms with Crippen molar-refractivity contribution in [2.24, 2.45) is 0 Å². The van der Waals surface area contributed by atoms with Gasteiger partial charge < -0.3 is 15.7 Å². The van der Waals surface area contributed by atoms with E-state index in [4.69, 9.17) is 28.3 Å². The molecule has 1 amide bonds. The van der Waals surface area contributed by atoms with Gasteiger partial charge in [-0.3, -0.25) is 4.79 Å². The molecule has 2 rings (SSSR count). The van der Waals surface area contributed by atoms with E-state index in [9.17, 15) is 4.79 Å². The Labute approximate surface area is 144 Å². The molecule has 0 radical (unpaired) electrons. The summed E-state index contributed by atoms with van der Waals surface area (Å²) in [6.45, 7) is 0.446. The molecule has 0 saturated heterocycles. The van der Waals surface area contributed by atoms with Crippen LogP contribution in [-0.4, -0.2) is 29.1 Å². The van der Waals surface area contributed by atoms with E-state index in [1.165, 1.54) is 12.3 Å². The Hall–Kier alpha value is -2.08. The largest absolute Gasteiger partial charge is 0.395 e. The van der Waals surface area contributed by atoms with Crippen LogP contribution in [-0.2, 0) is 4.79 Å². The number of carbonyl (C=O) groups is 1. The van der Waals surface area contributed by atoms with Gasteiger partial charge in [0.05, 0.1) is 18.5 Å². The number of aromatic nitrogens is 1. The molecule has 1 heterocycles. The normalized spacial score (nSPS) is 10.7. The Morgan fingerprint density at radius 1 is 1.26 bits per heavy atom. The molecule has 5 nitrogen and oxygen atoms in total. The molecule has 2 aromatic rings. The van der Waals surface area contributed by atoms with Crippen LogP contribution in [0.5, 0.6) is 0 Å². The van der Waals surface area contributed by atoms with E-state index < -0.39 is 0 Å². The van der Waals surface area contributed by atoms with Crippen molar-refractivity contribution in [1.29, 1.82) is 0 Å². The molecule has 7 heteroatoms. The van der Waals surface area contributed by atoms with Crippen molar-refractivity contribution in [2.45, 2.75) is 0 Å². The van der Waals surface area contributed by atoms with Gasteiger partial charge in [0.2, 0.25) is 5.91 Å². The van der Waals surface area contributed by atoms with Crippen LogP contribution in [0.4, 0.5) is 11.5 Å². The summed E-state index contributed by atoms with van der Waals surface area (Å²) < 4.78 is 0. The molecule has 0 bridgehead atoms. The summed E-state index contributed by atoms with van der Waals surface area (Å²) in [7, 11) is 0.